The molecule has 0 N–H and O–H groups in total. The molecule has 30 heavy (non-hydrogen) atoms. The molecule has 6 rings (SSSR count). The molecule has 2 aromatic carbocycles. The van der Waals surface area contributed by atoms with Crippen LogP contribution in [0.15, 0.2) is 30.3 Å². The van der Waals surface area contributed by atoms with Gasteiger partial charge in [-0.25, -0.2) is 4.98 Å². The maximum absolute atomic E-state index is 5.03. The Balaban J connectivity index is 1.49. The molecule has 0 radical (unpaired) electrons. The molecule has 0 spiro atoms. The molecule has 3 heterocycles. The van der Waals surface area contributed by atoms with E-state index in [0.717, 1.165) is 6.42 Å². The van der Waals surface area contributed by atoms with E-state index in [1.54, 1.807) is 27.9 Å². The van der Waals surface area contributed by atoms with Crippen molar-refractivity contribution in [3.63, 3.8) is 0 Å². The Kier molecular flexibility index (Phi) is 3.98. The van der Waals surface area contributed by atoms with Gasteiger partial charge in [-0.2, -0.15) is 0 Å². The summed E-state index contributed by atoms with van der Waals surface area (Å²) < 4.78 is 1.33. The van der Waals surface area contributed by atoms with E-state index < -0.39 is 0 Å². The van der Waals surface area contributed by atoms with Gasteiger partial charge in [-0.1, -0.05) is 45.9 Å². The van der Waals surface area contributed by atoms with E-state index in [0.29, 0.717) is 5.92 Å². The lowest BCUT2D eigenvalue weighted by Crippen LogP contribution is -2.45. The molecule has 0 amide bonds. The third-order valence-corrected chi connectivity index (χ3v) is 9.30. The van der Waals surface area contributed by atoms with E-state index >= 15 is 0 Å². The Hall–Kier alpha value is -1.87. The fourth-order valence-electron chi connectivity index (χ4n) is 6.19. The Bertz CT molecular complexity index is 1120. The second-order valence-electron chi connectivity index (χ2n) is 11.0. The van der Waals surface area contributed by atoms with Crippen LogP contribution in [0.2, 0.25) is 0 Å². The van der Waals surface area contributed by atoms with Gasteiger partial charge in [-0.05, 0) is 77.3 Å². The summed E-state index contributed by atoms with van der Waals surface area (Å²) in [5.41, 5.74) is 9.93. The van der Waals surface area contributed by atoms with Gasteiger partial charge in [0.05, 0.1) is 15.2 Å². The number of nitrogens with zero attached hydrogens (tertiary/aromatic N) is 2. The molecular formula is C27H32N2S. The van der Waals surface area contributed by atoms with Crippen LogP contribution in [0.1, 0.15) is 80.1 Å². The summed E-state index contributed by atoms with van der Waals surface area (Å²) >= 11 is 1.91. The van der Waals surface area contributed by atoms with Crippen molar-refractivity contribution in [3.05, 3.63) is 57.6 Å². The average molecular weight is 417 g/mol. The van der Waals surface area contributed by atoms with Gasteiger partial charge in [0.2, 0.25) is 0 Å². The van der Waals surface area contributed by atoms with E-state index in [1.165, 1.54) is 54.0 Å². The van der Waals surface area contributed by atoms with Gasteiger partial charge >= 0.3 is 0 Å². The first-order valence-corrected chi connectivity index (χ1v) is 12.5. The van der Waals surface area contributed by atoms with Crippen molar-refractivity contribution in [2.75, 3.05) is 18.0 Å². The quantitative estimate of drug-likeness (QED) is 0.437. The van der Waals surface area contributed by atoms with Crippen molar-refractivity contribution in [1.29, 1.82) is 0 Å². The summed E-state index contributed by atoms with van der Waals surface area (Å²) in [6, 6.07) is 11.2. The van der Waals surface area contributed by atoms with Gasteiger partial charge in [-0.15, -0.1) is 11.3 Å². The Morgan fingerprint density at radius 3 is 2.60 bits per heavy atom. The standard InChI is InChI=1S/C27H32N2S/c1-26(2)11-13-29-14-12-27(3,4)23-19-10-9-17(15-18(19)16-20(26)24(23)29)25-28-21-7-5-6-8-22(21)30-25/h5-8,16-17H,9-15H2,1-4H3. The molecule has 2 nitrogen and oxygen atoms in total. The second kappa shape index (κ2) is 6.32. The zero-order chi connectivity index (χ0) is 20.7. The molecule has 1 unspecified atom stereocenters. The number of rotatable bonds is 1. The third-order valence-electron chi connectivity index (χ3n) is 8.10. The van der Waals surface area contributed by atoms with Gasteiger partial charge in [0, 0.05) is 24.7 Å². The molecule has 3 aromatic rings. The third kappa shape index (κ3) is 2.70. The first-order chi connectivity index (χ1) is 14.3. The van der Waals surface area contributed by atoms with Crippen LogP contribution in [0, 0.1) is 0 Å². The summed E-state index contributed by atoms with van der Waals surface area (Å²) in [4.78, 5) is 7.74. The van der Waals surface area contributed by atoms with Crippen LogP contribution in [-0.2, 0) is 23.7 Å². The average Bonchev–Trinajstić information content (AvgIpc) is 3.15. The van der Waals surface area contributed by atoms with Crippen molar-refractivity contribution >= 4 is 27.2 Å². The van der Waals surface area contributed by atoms with Gasteiger partial charge in [0.1, 0.15) is 0 Å². The second-order valence-corrected chi connectivity index (χ2v) is 12.1. The van der Waals surface area contributed by atoms with E-state index in [-0.39, 0.29) is 10.8 Å². The number of fused-ring (bicyclic) bond motifs is 3. The Labute approximate surface area is 184 Å². The van der Waals surface area contributed by atoms with Crippen LogP contribution in [0.3, 0.4) is 0 Å². The number of hydrogen-bond donors (Lipinski definition) is 0. The van der Waals surface area contributed by atoms with Gasteiger partial charge in [-0.3, -0.25) is 0 Å². The minimum absolute atomic E-state index is 0.270. The maximum atomic E-state index is 5.03. The summed E-state index contributed by atoms with van der Waals surface area (Å²) in [5.74, 6) is 0.564. The molecule has 0 fully saturated rings. The van der Waals surface area contributed by atoms with Crippen LogP contribution in [0.5, 0.6) is 0 Å². The molecule has 0 bridgehead atoms. The summed E-state index contributed by atoms with van der Waals surface area (Å²) in [6.45, 7) is 12.3. The minimum atomic E-state index is 0.270. The van der Waals surface area contributed by atoms with Crippen molar-refractivity contribution in [1.82, 2.24) is 4.98 Å². The van der Waals surface area contributed by atoms with Crippen LogP contribution < -0.4 is 4.90 Å². The topological polar surface area (TPSA) is 16.1 Å². The van der Waals surface area contributed by atoms with Crippen molar-refractivity contribution in [2.24, 2.45) is 0 Å². The van der Waals surface area contributed by atoms with Gasteiger partial charge in [0.25, 0.3) is 0 Å². The maximum Gasteiger partial charge on any atom is 0.0972 e. The summed E-state index contributed by atoms with van der Waals surface area (Å²) in [6.07, 6.45) is 6.13. The molecular weight excluding hydrogens is 384 g/mol. The highest BCUT2D eigenvalue weighted by Gasteiger charge is 2.42. The van der Waals surface area contributed by atoms with Crippen LogP contribution in [-0.4, -0.2) is 18.1 Å². The summed E-state index contributed by atoms with van der Waals surface area (Å²) in [7, 11) is 0. The highest BCUT2D eigenvalue weighted by molar-refractivity contribution is 7.18. The predicted molar refractivity (Wildman–Crippen MR) is 128 cm³/mol. The van der Waals surface area contributed by atoms with Crippen LogP contribution in [0.4, 0.5) is 5.69 Å². The Morgan fingerprint density at radius 1 is 1.03 bits per heavy atom. The van der Waals surface area contributed by atoms with Crippen LogP contribution >= 0.6 is 11.3 Å². The first-order valence-electron chi connectivity index (χ1n) is 11.6. The zero-order valence-electron chi connectivity index (χ0n) is 18.7. The van der Waals surface area contributed by atoms with Crippen molar-refractivity contribution < 1.29 is 0 Å². The Morgan fingerprint density at radius 2 is 1.80 bits per heavy atom. The van der Waals surface area contributed by atoms with Gasteiger partial charge in [0.15, 0.2) is 0 Å². The fourth-order valence-corrected chi connectivity index (χ4v) is 7.30. The largest absolute Gasteiger partial charge is 0.371 e. The van der Waals surface area contributed by atoms with Crippen LogP contribution in [0.25, 0.3) is 10.2 Å². The normalized spacial score (nSPS) is 23.9. The molecule has 0 saturated heterocycles. The number of aromatic nitrogens is 1. The number of para-hydroxylation sites is 1. The highest BCUT2D eigenvalue weighted by Crippen LogP contribution is 2.53. The number of benzene rings is 2. The lowest BCUT2D eigenvalue weighted by Gasteiger charge is -2.50. The van der Waals surface area contributed by atoms with Crippen molar-refractivity contribution in [3.8, 4) is 0 Å². The number of anilines is 1. The number of thiazole rings is 1. The van der Waals surface area contributed by atoms with E-state index in [4.69, 9.17) is 4.98 Å². The predicted octanol–water partition coefficient (Wildman–Crippen LogP) is 6.74. The van der Waals surface area contributed by atoms with Gasteiger partial charge < -0.3 is 4.90 Å². The lowest BCUT2D eigenvalue weighted by molar-refractivity contribution is 0.395. The van der Waals surface area contributed by atoms with E-state index in [1.807, 2.05) is 11.3 Å². The van der Waals surface area contributed by atoms with E-state index in [9.17, 15) is 0 Å². The monoisotopic (exact) mass is 416 g/mol. The SMILES string of the molecule is CC1(C)CCN2CCC(C)(C)c3c4c(cc1c32)CC(c1nc2ccccc2s1)CC4. The molecule has 2 aliphatic heterocycles. The molecule has 3 heteroatoms. The van der Waals surface area contributed by atoms with Crippen molar-refractivity contribution in [2.45, 2.75) is 76.5 Å². The molecule has 1 atom stereocenters. The fraction of sp³-hybridized carbons (Fsp3) is 0.519. The first kappa shape index (κ1) is 18.9. The molecule has 0 saturated carbocycles. The highest BCUT2D eigenvalue weighted by atomic mass is 32.1. The molecule has 3 aliphatic rings. The van der Waals surface area contributed by atoms with E-state index in [2.05, 4.69) is 62.9 Å². The number of hydrogen-bond acceptors (Lipinski definition) is 3. The smallest absolute Gasteiger partial charge is 0.0972 e. The minimum Gasteiger partial charge on any atom is -0.371 e. The lowest BCUT2D eigenvalue weighted by atomic mass is 9.65. The molecule has 156 valence electrons. The molecule has 1 aromatic heterocycles. The molecule has 1 aliphatic carbocycles. The summed E-state index contributed by atoms with van der Waals surface area (Å²) in [5, 5.41) is 1.34. The zero-order valence-corrected chi connectivity index (χ0v) is 19.5.